The lowest BCUT2D eigenvalue weighted by Gasteiger charge is -2.12. The predicted molar refractivity (Wildman–Crippen MR) is 94.6 cm³/mol. The van der Waals surface area contributed by atoms with Crippen LogP contribution < -0.4 is 10.6 Å². The lowest BCUT2D eigenvalue weighted by Crippen LogP contribution is -2.42. The second-order valence-corrected chi connectivity index (χ2v) is 6.86. The molecular formula is C19H23N3O3. The lowest BCUT2D eigenvalue weighted by molar-refractivity contribution is -0.120. The summed E-state index contributed by atoms with van der Waals surface area (Å²) in [5.41, 5.74) is 4.33. The van der Waals surface area contributed by atoms with Crippen LogP contribution in [0, 0.1) is 0 Å². The molecule has 1 atom stereocenters. The van der Waals surface area contributed by atoms with E-state index in [0.29, 0.717) is 18.8 Å². The molecule has 4 rings (SSSR count). The van der Waals surface area contributed by atoms with Crippen LogP contribution in [0.3, 0.4) is 0 Å². The molecule has 1 saturated heterocycles. The van der Waals surface area contributed by atoms with E-state index in [4.69, 9.17) is 4.74 Å². The monoisotopic (exact) mass is 341 g/mol. The third-order valence-electron chi connectivity index (χ3n) is 5.06. The fraction of sp³-hybridized carbons (Fsp3) is 0.474. The van der Waals surface area contributed by atoms with Crippen LogP contribution in [0.2, 0.25) is 0 Å². The van der Waals surface area contributed by atoms with Crippen LogP contribution in [0.25, 0.3) is 10.9 Å². The number of hydrogen-bond acceptors (Lipinski definition) is 3. The first-order chi connectivity index (χ1) is 12.2. The van der Waals surface area contributed by atoms with Gasteiger partial charge >= 0.3 is 0 Å². The van der Waals surface area contributed by atoms with Crippen molar-refractivity contribution in [1.29, 1.82) is 0 Å². The third kappa shape index (κ3) is 3.39. The Kier molecular flexibility index (Phi) is 4.44. The Labute approximate surface area is 146 Å². The summed E-state index contributed by atoms with van der Waals surface area (Å²) < 4.78 is 5.23. The van der Waals surface area contributed by atoms with E-state index in [1.165, 1.54) is 24.1 Å². The normalized spacial score (nSPS) is 19.6. The SMILES string of the molecule is O=C(CNC(=O)c1ccc2[nH]c3c(c2c1)CCCC3)N[C@H]1CCOC1. The molecule has 0 spiro atoms. The van der Waals surface area contributed by atoms with Crippen molar-refractivity contribution in [3.05, 3.63) is 35.0 Å². The molecule has 1 aromatic carbocycles. The zero-order valence-corrected chi connectivity index (χ0v) is 14.2. The zero-order chi connectivity index (χ0) is 17.2. The van der Waals surface area contributed by atoms with Crippen molar-refractivity contribution in [3.8, 4) is 0 Å². The molecular weight excluding hydrogens is 318 g/mol. The second-order valence-electron chi connectivity index (χ2n) is 6.86. The first-order valence-corrected chi connectivity index (χ1v) is 8.99. The van der Waals surface area contributed by atoms with E-state index in [1.807, 2.05) is 18.2 Å². The van der Waals surface area contributed by atoms with Crippen LogP contribution in [-0.4, -0.2) is 42.6 Å². The molecule has 0 bridgehead atoms. The summed E-state index contributed by atoms with van der Waals surface area (Å²) in [5.74, 6) is -0.394. The van der Waals surface area contributed by atoms with Gasteiger partial charge in [0.2, 0.25) is 5.91 Å². The van der Waals surface area contributed by atoms with Gasteiger partial charge in [-0.3, -0.25) is 9.59 Å². The van der Waals surface area contributed by atoms with Gasteiger partial charge in [0.1, 0.15) is 0 Å². The molecule has 0 radical (unpaired) electrons. The number of aryl methyl sites for hydroxylation is 2. The first-order valence-electron chi connectivity index (χ1n) is 8.99. The standard InChI is InChI=1S/C19H23N3O3/c23-18(21-13-7-8-25-11-13)10-20-19(24)12-5-6-17-15(9-12)14-3-1-2-4-16(14)22-17/h5-6,9,13,22H,1-4,7-8,10-11H2,(H,20,24)(H,21,23)/t13-/m0/s1. The molecule has 2 aliphatic rings. The summed E-state index contributed by atoms with van der Waals surface area (Å²) in [6.45, 7) is 1.21. The average Bonchev–Trinajstić information content (AvgIpc) is 3.26. The van der Waals surface area contributed by atoms with Gasteiger partial charge in [-0.1, -0.05) is 0 Å². The number of carbonyl (C=O) groups is 2. The van der Waals surface area contributed by atoms with Gasteiger partial charge in [-0.25, -0.2) is 0 Å². The van der Waals surface area contributed by atoms with E-state index in [9.17, 15) is 9.59 Å². The van der Waals surface area contributed by atoms with E-state index in [2.05, 4.69) is 15.6 Å². The smallest absolute Gasteiger partial charge is 0.251 e. The molecule has 25 heavy (non-hydrogen) atoms. The number of H-pyrrole nitrogens is 1. The van der Waals surface area contributed by atoms with Crippen molar-refractivity contribution in [1.82, 2.24) is 15.6 Å². The Hall–Kier alpha value is -2.34. The highest BCUT2D eigenvalue weighted by molar-refractivity contribution is 6.00. The van der Waals surface area contributed by atoms with Crippen LogP contribution in [0.4, 0.5) is 0 Å². The topological polar surface area (TPSA) is 83.2 Å². The van der Waals surface area contributed by atoms with E-state index in [-0.39, 0.29) is 24.4 Å². The van der Waals surface area contributed by atoms with Gasteiger partial charge in [-0.2, -0.15) is 0 Å². The summed E-state index contributed by atoms with van der Waals surface area (Å²) >= 11 is 0. The van der Waals surface area contributed by atoms with E-state index in [0.717, 1.165) is 30.2 Å². The molecule has 1 aliphatic carbocycles. The van der Waals surface area contributed by atoms with Crippen LogP contribution >= 0.6 is 0 Å². The molecule has 3 N–H and O–H groups in total. The quantitative estimate of drug-likeness (QED) is 0.791. The highest BCUT2D eigenvalue weighted by Crippen LogP contribution is 2.29. The molecule has 1 aliphatic heterocycles. The molecule has 2 heterocycles. The van der Waals surface area contributed by atoms with Crippen molar-refractivity contribution in [3.63, 3.8) is 0 Å². The van der Waals surface area contributed by atoms with Crippen molar-refractivity contribution in [2.75, 3.05) is 19.8 Å². The maximum absolute atomic E-state index is 12.4. The van der Waals surface area contributed by atoms with Crippen LogP contribution in [0.15, 0.2) is 18.2 Å². The molecule has 132 valence electrons. The summed E-state index contributed by atoms with van der Waals surface area (Å²) in [6, 6.07) is 5.77. The van der Waals surface area contributed by atoms with Crippen molar-refractivity contribution >= 4 is 22.7 Å². The molecule has 6 heteroatoms. The minimum absolute atomic E-state index is 0.0153. The molecule has 6 nitrogen and oxygen atoms in total. The maximum atomic E-state index is 12.4. The van der Waals surface area contributed by atoms with Gasteiger partial charge in [-0.15, -0.1) is 0 Å². The van der Waals surface area contributed by atoms with Gasteiger partial charge in [-0.05, 0) is 55.9 Å². The van der Waals surface area contributed by atoms with Crippen LogP contribution in [0.1, 0.15) is 40.9 Å². The predicted octanol–water partition coefficient (Wildman–Crippen LogP) is 1.68. The number of carbonyl (C=O) groups excluding carboxylic acids is 2. The summed E-state index contributed by atoms with van der Waals surface area (Å²) in [5, 5.41) is 6.71. The van der Waals surface area contributed by atoms with Gasteiger partial charge in [0, 0.05) is 28.8 Å². The number of benzene rings is 1. The second kappa shape index (κ2) is 6.88. The molecule has 2 amide bonds. The lowest BCUT2D eigenvalue weighted by atomic mass is 9.95. The molecule has 1 fully saturated rings. The molecule has 1 aromatic heterocycles. The number of amides is 2. The maximum Gasteiger partial charge on any atom is 0.251 e. The average molecular weight is 341 g/mol. The number of aromatic amines is 1. The highest BCUT2D eigenvalue weighted by atomic mass is 16.5. The first kappa shape index (κ1) is 16.1. The number of nitrogens with one attached hydrogen (secondary N) is 3. The number of ether oxygens (including phenoxy) is 1. The van der Waals surface area contributed by atoms with E-state index in [1.54, 1.807) is 0 Å². The molecule has 2 aromatic rings. The Morgan fingerprint density at radius 1 is 1.24 bits per heavy atom. The Bertz CT molecular complexity index is 806. The number of fused-ring (bicyclic) bond motifs is 3. The Morgan fingerprint density at radius 3 is 2.96 bits per heavy atom. The van der Waals surface area contributed by atoms with Crippen LogP contribution in [0.5, 0.6) is 0 Å². The summed E-state index contributed by atoms with van der Waals surface area (Å²) in [7, 11) is 0. The van der Waals surface area contributed by atoms with Crippen molar-refractivity contribution < 1.29 is 14.3 Å². The fourth-order valence-electron chi connectivity index (χ4n) is 3.74. The van der Waals surface area contributed by atoms with E-state index >= 15 is 0 Å². The summed E-state index contributed by atoms with van der Waals surface area (Å²) in [4.78, 5) is 27.8. The Morgan fingerprint density at radius 2 is 2.12 bits per heavy atom. The van der Waals surface area contributed by atoms with Crippen molar-refractivity contribution in [2.24, 2.45) is 0 Å². The third-order valence-corrected chi connectivity index (χ3v) is 5.06. The van der Waals surface area contributed by atoms with Crippen molar-refractivity contribution in [2.45, 2.75) is 38.1 Å². The van der Waals surface area contributed by atoms with Crippen LogP contribution in [-0.2, 0) is 22.4 Å². The molecule has 0 unspecified atom stereocenters. The number of hydrogen-bond donors (Lipinski definition) is 3. The van der Waals surface area contributed by atoms with Gasteiger partial charge in [0.25, 0.3) is 5.91 Å². The minimum Gasteiger partial charge on any atom is -0.379 e. The fourth-order valence-corrected chi connectivity index (χ4v) is 3.74. The van der Waals surface area contributed by atoms with Gasteiger partial charge < -0.3 is 20.4 Å². The Balaban J connectivity index is 1.42. The minimum atomic E-state index is -0.217. The van der Waals surface area contributed by atoms with Gasteiger partial charge in [0.15, 0.2) is 0 Å². The largest absolute Gasteiger partial charge is 0.379 e. The van der Waals surface area contributed by atoms with Gasteiger partial charge in [0.05, 0.1) is 19.2 Å². The number of rotatable bonds is 4. The zero-order valence-electron chi connectivity index (χ0n) is 14.2. The molecule has 0 saturated carbocycles. The number of aromatic nitrogens is 1. The van der Waals surface area contributed by atoms with E-state index < -0.39 is 0 Å². The highest BCUT2D eigenvalue weighted by Gasteiger charge is 2.19. The summed E-state index contributed by atoms with van der Waals surface area (Å²) in [6.07, 6.45) is 5.38.